The summed E-state index contributed by atoms with van der Waals surface area (Å²) in [5, 5.41) is 10.8. The number of aromatic nitrogens is 1. The summed E-state index contributed by atoms with van der Waals surface area (Å²) in [4.78, 5) is 3.45. The highest BCUT2D eigenvalue weighted by molar-refractivity contribution is 6.32. The van der Waals surface area contributed by atoms with Gasteiger partial charge >= 0.3 is 0 Å². The number of halogens is 1. The van der Waals surface area contributed by atoms with Crippen molar-refractivity contribution in [1.82, 2.24) is 4.98 Å². The minimum atomic E-state index is -0.350. The smallest absolute Gasteiger partial charge is 0.266 e. The molecular formula is C6H5ClNO. The van der Waals surface area contributed by atoms with E-state index in [-0.39, 0.29) is 10.9 Å². The van der Waals surface area contributed by atoms with E-state index >= 15 is 0 Å². The third-order valence-electron chi connectivity index (χ3n) is 1.05. The minimum Gasteiger partial charge on any atom is -0.266 e. The highest BCUT2D eigenvalue weighted by Crippen LogP contribution is 2.23. The van der Waals surface area contributed by atoms with Gasteiger partial charge in [-0.3, -0.25) is 5.11 Å². The summed E-state index contributed by atoms with van der Waals surface area (Å²) in [5.41, 5.74) is 0.775. The summed E-state index contributed by atoms with van der Waals surface area (Å²) < 4.78 is 0. The van der Waals surface area contributed by atoms with Gasteiger partial charge in [0.25, 0.3) is 5.88 Å². The molecule has 0 atom stereocenters. The molecule has 3 heteroatoms. The van der Waals surface area contributed by atoms with Crippen LogP contribution >= 0.6 is 11.6 Å². The van der Waals surface area contributed by atoms with Crippen molar-refractivity contribution in [2.75, 3.05) is 0 Å². The molecule has 0 fully saturated rings. The Morgan fingerprint density at radius 1 is 1.67 bits per heavy atom. The fourth-order valence-electron chi connectivity index (χ4n) is 0.515. The summed E-state index contributed by atoms with van der Waals surface area (Å²) >= 11 is 5.50. The molecule has 47 valence electrons. The van der Waals surface area contributed by atoms with E-state index in [0.717, 1.165) is 5.56 Å². The van der Waals surface area contributed by atoms with Crippen molar-refractivity contribution >= 4 is 11.6 Å². The average Bonchev–Trinajstić information content (AvgIpc) is 1.83. The van der Waals surface area contributed by atoms with Crippen molar-refractivity contribution in [1.29, 1.82) is 0 Å². The molecule has 9 heavy (non-hydrogen) atoms. The maximum Gasteiger partial charge on any atom is 0.288 e. The van der Waals surface area contributed by atoms with Gasteiger partial charge in [-0.1, -0.05) is 11.6 Å². The normalized spacial score (nSPS) is 9.56. The van der Waals surface area contributed by atoms with Crippen LogP contribution in [0, 0.1) is 6.92 Å². The molecule has 0 aliphatic carbocycles. The number of nitrogens with zero attached hydrogens (tertiary/aromatic N) is 1. The molecule has 0 aliphatic rings. The first-order valence-corrected chi connectivity index (χ1v) is 2.87. The van der Waals surface area contributed by atoms with Gasteiger partial charge in [0.1, 0.15) is 5.02 Å². The zero-order chi connectivity index (χ0) is 6.85. The number of aryl methyl sites for hydroxylation is 1. The fraction of sp³-hybridized carbons (Fsp3) is 0.167. The number of hydrogen-bond donors (Lipinski definition) is 0. The second kappa shape index (κ2) is 2.23. The Hall–Kier alpha value is -0.760. The van der Waals surface area contributed by atoms with Crippen molar-refractivity contribution in [3.8, 4) is 5.88 Å². The molecular weight excluding hydrogens is 138 g/mol. The third kappa shape index (κ3) is 1.13. The van der Waals surface area contributed by atoms with E-state index in [9.17, 15) is 5.11 Å². The summed E-state index contributed by atoms with van der Waals surface area (Å²) in [6.45, 7) is 1.77. The highest BCUT2D eigenvalue weighted by Gasteiger charge is 2.01. The van der Waals surface area contributed by atoms with Gasteiger partial charge in [-0.25, -0.2) is 4.98 Å². The lowest BCUT2D eigenvalue weighted by Crippen LogP contribution is -1.77. The lowest BCUT2D eigenvalue weighted by atomic mass is 10.3. The Balaban J connectivity index is 3.25. The van der Waals surface area contributed by atoms with Gasteiger partial charge in [-0.05, 0) is 18.6 Å². The van der Waals surface area contributed by atoms with Gasteiger partial charge in [0.15, 0.2) is 0 Å². The number of rotatable bonds is 0. The molecule has 0 saturated carbocycles. The molecule has 0 aliphatic heterocycles. The Morgan fingerprint density at radius 2 is 2.33 bits per heavy atom. The van der Waals surface area contributed by atoms with Crippen molar-refractivity contribution in [3.63, 3.8) is 0 Å². The predicted molar refractivity (Wildman–Crippen MR) is 34.1 cm³/mol. The Kier molecular flexibility index (Phi) is 1.58. The molecule has 2 nitrogen and oxygen atoms in total. The van der Waals surface area contributed by atoms with E-state index in [2.05, 4.69) is 4.98 Å². The van der Waals surface area contributed by atoms with Gasteiger partial charge in [-0.15, -0.1) is 0 Å². The van der Waals surface area contributed by atoms with Crippen LogP contribution in [-0.2, 0) is 5.11 Å². The topological polar surface area (TPSA) is 32.8 Å². The average molecular weight is 143 g/mol. The molecule has 0 aromatic carbocycles. The van der Waals surface area contributed by atoms with Crippen molar-refractivity contribution < 1.29 is 5.11 Å². The van der Waals surface area contributed by atoms with Crippen LogP contribution < -0.4 is 0 Å². The molecule has 0 spiro atoms. The molecule has 1 aromatic heterocycles. The molecule has 0 N–H and O–H groups in total. The van der Waals surface area contributed by atoms with E-state index in [4.69, 9.17) is 11.6 Å². The van der Waals surface area contributed by atoms with E-state index in [1.54, 1.807) is 13.0 Å². The highest BCUT2D eigenvalue weighted by atomic mass is 35.5. The largest absolute Gasteiger partial charge is 0.288 e. The molecule has 0 unspecified atom stereocenters. The van der Waals surface area contributed by atoms with Crippen molar-refractivity contribution in [2.24, 2.45) is 0 Å². The SMILES string of the molecule is Cc1ccnc([O])c1Cl. The van der Waals surface area contributed by atoms with Crippen LogP contribution in [0.25, 0.3) is 0 Å². The first-order chi connectivity index (χ1) is 4.22. The van der Waals surface area contributed by atoms with Gasteiger partial charge in [0.05, 0.1) is 0 Å². The maximum absolute atomic E-state index is 10.6. The van der Waals surface area contributed by atoms with E-state index in [1.165, 1.54) is 6.20 Å². The van der Waals surface area contributed by atoms with Gasteiger partial charge in [0.2, 0.25) is 0 Å². The van der Waals surface area contributed by atoms with Crippen LogP contribution in [0.3, 0.4) is 0 Å². The molecule has 1 heterocycles. The molecule has 1 rings (SSSR count). The summed E-state index contributed by atoms with van der Waals surface area (Å²) in [7, 11) is 0. The second-order valence-electron chi connectivity index (χ2n) is 1.75. The van der Waals surface area contributed by atoms with E-state index in [0.29, 0.717) is 0 Å². The second-order valence-corrected chi connectivity index (χ2v) is 2.12. The zero-order valence-corrected chi connectivity index (χ0v) is 5.64. The van der Waals surface area contributed by atoms with Crippen LogP contribution in [0.4, 0.5) is 0 Å². The van der Waals surface area contributed by atoms with Crippen molar-refractivity contribution in [2.45, 2.75) is 6.92 Å². The number of pyridine rings is 1. The van der Waals surface area contributed by atoms with Crippen LogP contribution in [-0.4, -0.2) is 4.98 Å². The monoisotopic (exact) mass is 142 g/mol. The van der Waals surface area contributed by atoms with Gasteiger partial charge in [0, 0.05) is 6.20 Å². The molecule has 1 aromatic rings. The Morgan fingerprint density at radius 3 is 2.78 bits per heavy atom. The minimum absolute atomic E-state index is 0.220. The zero-order valence-electron chi connectivity index (χ0n) is 4.89. The Bertz CT molecular complexity index is 204. The van der Waals surface area contributed by atoms with Gasteiger partial charge in [-0.2, -0.15) is 0 Å². The summed E-state index contributed by atoms with van der Waals surface area (Å²) in [6.07, 6.45) is 1.45. The third-order valence-corrected chi connectivity index (χ3v) is 1.51. The van der Waals surface area contributed by atoms with Crippen LogP contribution in [0.2, 0.25) is 5.02 Å². The van der Waals surface area contributed by atoms with Crippen molar-refractivity contribution in [3.05, 3.63) is 22.8 Å². The van der Waals surface area contributed by atoms with Gasteiger partial charge < -0.3 is 0 Å². The first-order valence-electron chi connectivity index (χ1n) is 2.50. The lowest BCUT2D eigenvalue weighted by molar-refractivity contribution is 0.337. The van der Waals surface area contributed by atoms with E-state index < -0.39 is 0 Å². The van der Waals surface area contributed by atoms with Crippen LogP contribution in [0.5, 0.6) is 5.88 Å². The molecule has 0 bridgehead atoms. The summed E-state index contributed by atoms with van der Waals surface area (Å²) in [5.74, 6) is -0.350. The summed E-state index contributed by atoms with van der Waals surface area (Å²) in [6, 6.07) is 1.70. The number of hydrogen-bond acceptors (Lipinski definition) is 1. The quantitative estimate of drug-likeness (QED) is 0.547. The Labute approximate surface area is 58.1 Å². The lowest BCUT2D eigenvalue weighted by Gasteiger charge is -1.93. The molecule has 1 radical (unpaired) electrons. The fourth-order valence-corrected chi connectivity index (χ4v) is 0.627. The molecule has 0 saturated heterocycles. The van der Waals surface area contributed by atoms with Crippen LogP contribution in [0.15, 0.2) is 12.3 Å². The maximum atomic E-state index is 10.6. The van der Waals surface area contributed by atoms with E-state index in [1.807, 2.05) is 0 Å². The first kappa shape index (κ1) is 6.36. The molecule has 0 amide bonds. The predicted octanol–water partition coefficient (Wildman–Crippen LogP) is 2.19. The van der Waals surface area contributed by atoms with Crippen LogP contribution in [0.1, 0.15) is 5.56 Å². The standard InChI is InChI=1S/C6H5ClNO/c1-4-2-3-8-6(9)5(4)7/h2-3H,1H3.